The van der Waals surface area contributed by atoms with Crippen LogP contribution in [0.15, 0.2) is 22.7 Å². The fourth-order valence-corrected chi connectivity index (χ4v) is 2.88. The fraction of sp³-hybridized carbons (Fsp3) is 0.385. The van der Waals surface area contributed by atoms with Gasteiger partial charge in [-0.2, -0.15) is 4.98 Å². The van der Waals surface area contributed by atoms with E-state index in [2.05, 4.69) is 10.1 Å². The summed E-state index contributed by atoms with van der Waals surface area (Å²) in [5, 5.41) is 3.90. The molecule has 0 saturated carbocycles. The van der Waals surface area contributed by atoms with E-state index in [1.807, 2.05) is 6.92 Å². The Kier molecular flexibility index (Phi) is 5.02. The first-order valence-electron chi connectivity index (χ1n) is 6.55. The highest BCUT2D eigenvalue weighted by molar-refractivity contribution is 7.92. The summed E-state index contributed by atoms with van der Waals surface area (Å²) in [4.78, 5) is 4.09. The van der Waals surface area contributed by atoms with E-state index in [1.54, 1.807) is 0 Å². The molecule has 1 aromatic carbocycles. The monoisotopic (exact) mass is 347 g/mol. The van der Waals surface area contributed by atoms with Crippen molar-refractivity contribution in [2.75, 3.05) is 10.6 Å². The van der Waals surface area contributed by atoms with Crippen LogP contribution in [0.4, 0.5) is 10.1 Å². The first-order chi connectivity index (χ1) is 10.3. The van der Waals surface area contributed by atoms with Crippen LogP contribution in [-0.4, -0.2) is 24.8 Å². The first kappa shape index (κ1) is 16.7. The third-order valence-corrected chi connectivity index (χ3v) is 4.20. The van der Waals surface area contributed by atoms with Gasteiger partial charge in [0.05, 0.1) is 18.5 Å². The Morgan fingerprint density at radius 2 is 2.14 bits per heavy atom. The molecule has 0 saturated heterocycles. The van der Waals surface area contributed by atoms with Crippen molar-refractivity contribution in [2.24, 2.45) is 0 Å². The third-order valence-electron chi connectivity index (χ3n) is 2.84. The van der Waals surface area contributed by atoms with Gasteiger partial charge in [0, 0.05) is 11.4 Å². The molecule has 0 amide bonds. The minimum atomic E-state index is -3.73. The van der Waals surface area contributed by atoms with Crippen molar-refractivity contribution < 1.29 is 17.3 Å². The van der Waals surface area contributed by atoms with Crippen LogP contribution in [0.2, 0.25) is 5.02 Å². The van der Waals surface area contributed by atoms with E-state index in [1.165, 1.54) is 12.1 Å². The molecule has 9 heteroatoms. The number of benzene rings is 1. The maximum Gasteiger partial charge on any atom is 0.232 e. The molecule has 120 valence electrons. The molecule has 0 atom stereocenters. The largest absolute Gasteiger partial charge is 0.339 e. The molecule has 22 heavy (non-hydrogen) atoms. The number of nitrogens with zero attached hydrogens (tertiary/aromatic N) is 3. The molecule has 2 aromatic rings. The number of hydrogen-bond acceptors (Lipinski definition) is 5. The van der Waals surface area contributed by atoms with Crippen LogP contribution in [0.25, 0.3) is 0 Å². The number of aromatic nitrogens is 2. The number of halogens is 2. The van der Waals surface area contributed by atoms with Crippen LogP contribution in [0, 0.1) is 5.82 Å². The van der Waals surface area contributed by atoms with Crippen LogP contribution in [0.5, 0.6) is 0 Å². The average molecular weight is 348 g/mol. The molecule has 0 aliphatic carbocycles. The quantitative estimate of drug-likeness (QED) is 0.803. The van der Waals surface area contributed by atoms with Gasteiger partial charge in [-0.3, -0.25) is 4.31 Å². The van der Waals surface area contributed by atoms with Gasteiger partial charge in [-0.15, -0.1) is 0 Å². The van der Waals surface area contributed by atoms with Gasteiger partial charge in [0.2, 0.25) is 15.9 Å². The highest BCUT2D eigenvalue weighted by Gasteiger charge is 2.23. The highest BCUT2D eigenvalue weighted by atomic mass is 35.5. The fourth-order valence-electron chi connectivity index (χ4n) is 1.86. The van der Waals surface area contributed by atoms with Gasteiger partial charge in [0.1, 0.15) is 5.82 Å². The second-order valence-corrected chi connectivity index (χ2v) is 7.06. The average Bonchev–Trinajstić information content (AvgIpc) is 2.84. The van der Waals surface area contributed by atoms with Gasteiger partial charge < -0.3 is 4.52 Å². The summed E-state index contributed by atoms with van der Waals surface area (Å²) in [5.41, 5.74) is -0.117. The minimum absolute atomic E-state index is 0.117. The van der Waals surface area contributed by atoms with E-state index >= 15 is 0 Å². The first-order valence-corrected chi connectivity index (χ1v) is 8.78. The highest BCUT2D eigenvalue weighted by Crippen LogP contribution is 2.26. The minimum Gasteiger partial charge on any atom is -0.339 e. The maximum atomic E-state index is 14.0. The zero-order chi connectivity index (χ0) is 16.3. The van der Waals surface area contributed by atoms with Crippen LogP contribution >= 0.6 is 11.6 Å². The lowest BCUT2D eigenvalue weighted by molar-refractivity contribution is 0.372. The number of anilines is 1. The van der Waals surface area contributed by atoms with Crippen LogP contribution in [-0.2, 0) is 23.0 Å². The zero-order valence-electron chi connectivity index (χ0n) is 12.1. The lowest BCUT2D eigenvalue weighted by Gasteiger charge is -2.21. The molecule has 0 N–H and O–H groups in total. The SMILES string of the molecule is CCCc1nc(CN(c2ccc(Cl)cc2F)S(C)(=O)=O)no1. The van der Waals surface area contributed by atoms with Crippen molar-refractivity contribution in [1.29, 1.82) is 0 Å². The van der Waals surface area contributed by atoms with E-state index in [0.29, 0.717) is 12.3 Å². The lowest BCUT2D eigenvalue weighted by Crippen LogP contribution is -2.30. The molecule has 0 bridgehead atoms. The number of rotatable bonds is 6. The second-order valence-electron chi connectivity index (χ2n) is 4.72. The molecular weight excluding hydrogens is 333 g/mol. The Morgan fingerprint density at radius 3 is 2.73 bits per heavy atom. The van der Waals surface area contributed by atoms with E-state index in [9.17, 15) is 12.8 Å². The summed E-state index contributed by atoms with van der Waals surface area (Å²) in [7, 11) is -3.73. The molecule has 1 aromatic heterocycles. The van der Waals surface area contributed by atoms with E-state index in [-0.39, 0.29) is 23.1 Å². The Hall–Kier alpha value is -1.67. The number of sulfonamides is 1. The van der Waals surface area contributed by atoms with E-state index in [4.69, 9.17) is 16.1 Å². The summed E-state index contributed by atoms with van der Waals surface area (Å²) in [6.07, 6.45) is 2.40. The van der Waals surface area contributed by atoms with Crippen LogP contribution in [0.3, 0.4) is 0 Å². The van der Waals surface area contributed by atoms with Crippen LogP contribution in [0.1, 0.15) is 25.1 Å². The normalized spacial score (nSPS) is 11.6. The van der Waals surface area contributed by atoms with Gasteiger partial charge >= 0.3 is 0 Å². The van der Waals surface area contributed by atoms with Crippen molar-refractivity contribution in [1.82, 2.24) is 10.1 Å². The summed E-state index contributed by atoms with van der Waals surface area (Å²) in [5.74, 6) is -0.152. The molecule has 1 heterocycles. The Balaban J connectivity index is 2.34. The zero-order valence-corrected chi connectivity index (χ0v) is 13.7. The van der Waals surface area contributed by atoms with E-state index < -0.39 is 15.8 Å². The Labute approximate surface area is 132 Å². The van der Waals surface area contributed by atoms with Crippen molar-refractivity contribution >= 4 is 27.3 Å². The predicted octanol–water partition coefficient (Wildman–Crippen LogP) is 2.78. The van der Waals surface area contributed by atoms with Crippen molar-refractivity contribution in [3.8, 4) is 0 Å². The lowest BCUT2D eigenvalue weighted by atomic mass is 10.3. The second kappa shape index (κ2) is 6.62. The molecule has 2 rings (SSSR count). The molecule has 6 nitrogen and oxygen atoms in total. The van der Waals surface area contributed by atoms with Gasteiger partial charge in [0.15, 0.2) is 5.82 Å². The van der Waals surface area contributed by atoms with Crippen LogP contribution < -0.4 is 4.31 Å². The molecular formula is C13H15ClFN3O3S. The summed E-state index contributed by atoms with van der Waals surface area (Å²) < 4.78 is 43.8. The molecule has 0 aliphatic rings. The topological polar surface area (TPSA) is 76.3 Å². The maximum absolute atomic E-state index is 14.0. The Morgan fingerprint density at radius 1 is 1.41 bits per heavy atom. The van der Waals surface area contributed by atoms with Crippen molar-refractivity contribution in [2.45, 2.75) is 26.3 Å². The van der Waals surface area contributed by atoms with Crippen molar-refractivity contribution in [3.05, 3.63) is 40.8 Å². The van der Waals surface area contributed by atoms with Gasteiger partial charge in [-0.1, -0.05) is 23.7 Å². The van der Waals surface area contributed by atoms with E-state index in [0.717, 1.165) is 23.0 Å². The van der Waals surface area contributed by atoms with Gasteiger partial charge in [-0.05, 0) is 24.6 Å². The molecule has 0 aliphatic heterocycles. The predicted molar refractivity (Wildman–Crippen MR) is 80.7 cm³/mol. The van der Waals surface area contributed by atoms with Crippen molar-refractivity contribution in [3.63, 3.8) is 0 Å². The summed E-state index contributed by atoms with van der Waals surface area (Å²) in [6.45, 7) is 1.74. The van der Waals surface area contributed by atoms with Gasteiger partial charge in [-0.25, -0.2) is 12.8 Å². The summed E-state index contributed by atoms with van der Waals surface area (Å²) >= 11 is 5.69. The summed E-state index contributed by atoms with van der Waals surface area (Å²) in [6, 6.07) is 3.76. The molecule has 0 spiro atoms. The molecule has 0 radical (unpaired) electrons. The molecule has 0 fully saturated rings. The standard InChI is InChI=1S/C13H15ClFN3O3S/c1-3-4-13-16-12(17-21-13)8-18(22(2,19)20)11-6-5-9(14)7-10(11)15/h5-7H,3-4,8H2,1-2H3. The molecule has 0 unspecified atom stereocenters. The number of hydrogen-bond donors (Lipinski definition) is 0. The number of aryl methyl sites for hydroxylation is 1. The van der Waals surface area contributed by atoms with Gasteiger partial charge in [0.25, 0.3) is 0 Å². The third kappa shape index (κ3) is 3.95. The smallest absolute Gasteiger partial charge is 0.232 e. The Bertz CT molecular complexity index is 764.